The molecule has 0 aliphatic carbocycles. The van der Waals surface area contributed by atoms with Crippen LogP contribution in [-0.2, 0) is 23.7 Å². The number of fused-ring (bicyclic) bond motifs is 3. The summed E-state index contributed by atoms with van der Waals surface area (Å²) in [7, 11) is 1.55. The molecule has 3 aliphatic rings. The Bertz CT molecular complexity index is 468. The Hall–Kier alpha value is -0.930. The molecule has 3 saturated heterocycles. The summed E-state index contributed by atoms with van der Waals surface area (Å²) in [5.74, 6) is -2.59. The van der Waals surface area contributed by atoms with E-state index in [0.29, 0.717) is 6.61 Å². The topological polar surface area (TPSA) is 87.3 Å². The summed E-state index contributed by atoms with van der Waals surface area (Å²) >= 11 is 0. The van der Waals surface area contributed by atoms with Gasteiger partial charge in [-0.25, -0.2) is 4.79 Å². The lowest BCUT2D eigenvalue weighted by atomic mass is 10.0. The molecule has 0 aromatic heterocycles. The Morgan fingerprint density at radius 1 is 1.14 bits per heavy atom. The lowest BCUT2D eigenvalue weighted by Crippen LogP contribution is -2.53. The lowest BCUT2D eigenvalue weighted by molar-refractivity contribution is -0.327. The van der Waals surface area contributed by atoms with Crippen LogP contribution < -0.4 is 10.6 Å². The molecule has 0 aromatic rings. The molecule has 8 nitrogen and oxygen atoms in total. The van der Waals surface area contributed by atoms with Crippen LogP contribution in [0.25, 0.3) is 0 Å². The highest BCUT2D eigenvalue weighted by molar-refractivity contribution is 5.73. The van der Waals surface area contributed by atoms with E-state index >= 15 is 0 Å². The van der Waals surface area contributed by atoms with Crippen molar-refractivity contribution in [2.24, 2.45) is 0 Å². The zero-order valence-electron chi connectivity index (χ0n) is 13.6. The van der Waals surface area contributed by atoms with Gasteiger partial charge >= 0.3 is 6.03 Å². The van der Waals surface area contributed by atoms with Gasteiger partial charge in [0.15, 0.2) is 11.6 Å². The van der Waals surface area contributed by atoms with Crippen LogP contribution in [0, 0.1) is 0 Å². The van der Waals surface area contributed by atoms with Gasteiger partial charge in [0.2, 0.25) is 5.79 Å². The van der Waals surface area contributed by atoms with E-state index in [0.717, 1.165) is 0 Å². The van der Waals surface area contributed by atoms with Crippen molar-refractivity contribution in [2.75, 3.05) is 20.2 Å². The first-order valence-electron chi connectivity index (χ1n) is 7.50. The summed E-state index contributed by atoms with van der Waals surface area (Å²) < 4.78 is 29.7. The minimum absolute atomic E-state index is 0.164. The molecule has 3 aliphatic heterocycles. The fraction of sp³-hybridized carbons (Fsp3) is 0.929. The maximum absolute atomic E-state index is 11.5. The molecule has 0 aromatic carbocycles. The Morgan fingerprint density at radius 2 is 1.86 bits per heavy atom. The second-order valence-corrected chi connectivity index (χ2v) is 6.73. The standard InChI is InChI=1S/C14H24N2O6/c1-12(2)18-6-8-9(20-12)10-14(19-8,7-16-11(17)15-5)22-13(3,4)21-10/h8-10H,6-7H2,1-5H3,(H2,15,16,17)/t8?,9?,10-,14-/m1/s1. The highest BCUT2D eigenvalue weighted by Gasteiger charge is 2.67. The smallest absolute Gasteiger partial charge is 0.314 e. The fourth-order valence-electron chi connectivity index (χ4n) is 3.20. The van der Waals surface area contributed by atoms with Gasteiger partial charge in [-0.15, -0.1) is 0 Å². The summed E-state index contributed by atoms with van der Waals surface area (Å²) in [5.41, 5.74) is 0. The van der Waals surface area contributed by atoms with Gasteiger partial charge in [-0.05, 0) is 27.7 Å². The van der Waals surface area contributed by atoms with Crippen LogP contribution in [0.2, 0.25) is 0 Å². The Morgan fingerprint density at radius 3 is 2.55 bits per heavy atom. The van der Waals surface area contributed by atoms with E-state index in [-0.39, 0.29) is 24.8 Å². The molecule has 2 N–H and O–H groups in total. The van der Waals surface area contributed by atoms with E-state index in [1.54, 1.807) is 7.05 Å². The van der Waals surface area contributed by atoms with Crippen molar-refractivity contribution in [3.63, 3.8) is 0 Å². The number of amides is 2. The van der Waals surface area contributed by atoms with Gasteiger partial charge < -0.3 is 34.3 Å². The van der Waals surface area contributed by atoms with Crippen molar-refractivity contribution >= 4 is 6.03 Å². The molecule has 3 fully saturated rings. The first-order chi connectivity index (χ1) is 10.2. The van der Waals surface area contributed by atoms with Crippen molar-refractivity contribution in [3.8, 4) is 0 Å². The summed E-state index contributed by atoms with van der Waals surface area (Å²) in [5, 5.41) is 5.23. The molecule has 3 heterocycles. The Balaban J connectivity index is 1.82. The first kappa shape index (κ1) is 15.9. The van der Waals surface area contributed by atoms with E-state index in [2.05, 4.69) is 10.6 Å². The van der Waals surface area contributed by atoms with Gasteiger partial charge in [0.25, 0.3) is 0 Å². The van der Waals surface area contributed by atoms with Gasteiger partial charge in [0, 0.05) is 7.05 Å². The summed E-state index contributed by atoms with van der Waals surface area (Å²) in [6.45, 7) is 7.89. The molecule has 0 spiro atoms. The van der Waals surface area contributed by atoms with E-state index in [1.165, 1.54) is 0 Å². The average molecular weight is 316 g/mol. The van der Waals surface area contributed by atoms with Crippen LogP contribution in [-0.4, -0.2) is 61.9 Å². The minimum Gasteiger partial charge on any atom is -0.348 e. The lowest BCUT2D eigenvalue weighted by Gasteiger charge is -2.38. The largest absolute Gasteiger partial charge is 0.348 e. The van der Waals surface area contributed by atoms with E-state index < -0.39 is 23.5 Å². The highest BCUT2D eigenvalue weighted by Crippen LogP contribution is 2.48. The second-order valence-electron chi connectivity index (χ2n) is 6.73. The Labute approximate surface area is 129 Å². The molecule has 4 atom stereocenters. The van der Waals surface area contributed by atoms with E-state index in [4.69, 9.17) is 23.7 Å². The molecule has 0 saturated carbocycles. The highest BCUT2D eigenvalue weighted by atomic mass is 16.9. The Kier molecular flexibility index (Phi) is 3.65. The summed E-state index contributed by atoms with van der Waals surface area (Å²) in [4.78, 5) is 11.5. The normalized spacial score (nSPS) is 41.6. The quantitative estimate of drug-likeness (QED) is 0.762. The molecule has 2 amide bonds. The third kappa shape index (κ3) is 2.69. The van der Waals surface area contributed by atoms with Gasteiger partial charge in [0.05, 0.1) is 13.2 Å². The first-order valence-corrected chi connectivity index (χ1v) is 7.50. The molecule has 126 valence electrons. The van der Waals surface area contributed by atoms with Crippen LogP contribution in [0.1, 0.15) is 27.7 Å². The maximum atomic E-state index is 11.5. The average Bonchev–Trinajstić information content (AvgIpc) is 2.83. The van der Waals surface area contributed by atoms with Gasteiger partial charge in [-0.2, -0.15) is 0 Å². The maximum Gasteiger partial charge on any atom is 0.314 e. The minimum atomic E-state index is -1.07. The predicted octanol–water partition coefficient (Wildman–Crippen LogP) is 0.314. The van der Waals surface area contributed by atoms with E-state index in [9.17, 15) is 4.79 Å². The monoisotopic (exact) mass is 316 g/mol. The number of rotatable bonds is 2. The van der Waals surface area contributed by atoms with Crippen molar-refractivity contribution < 1.29 is 28.5 Å². The van der Waals surface area contributed by atoms with Crippen LogP contribution >= 0.6 is 0 Å². The number of urea groups is 1. The van der Waals surface area contributed by atoms with Crippen molar-refractivity contribution in [1.82, 2.24) is 10.6 Å². The third-order valence-electron chi connectivity index (χ3n) is 4.02. The SMILES string of the molecule is CNC(=O)NC[C@]12OC3COC(C)(C)OC3[C@H]1OC(C)(C)O2. The number of carbonyl (C=O) groups is 1. The van der Waals surface area contributed by atoms with Crippen molar-refractivity contribution in [2.45, 2.75) is 63.4 Å². The van der Waals surface area contributed by atoms with Crippen LogP contribution in [0.3, 0.4) is 0 Å². The number of hydrogen-bond donors (Lipinski definition) is 2. The van der Waals surface area contributed by atoms with Gasteiger partial charge in [-0.3, -0.25) is 0 Å². The molecule has 22 heavy (non-hydrogen) atoms. The van der Waals surface area contributed by atoms with Crippen molar-refractivity contribution in [1.29, 1.82) is 0 Å². The number of ether oxygens (including phenoxy) is 5. The fourth-order valence-corrected chi connectivity index (χ4v) is 3.20. The molecule has 0 bridgehead atoms. The van der Waals surface area contributed by atoms with Crippen LogP contribution in [0.5, 0.6) is 0 Å². The molecule has 0 radical (unpaired) electrons. The molecular weight excluding hydrogens is 292 g/mol. The summed E-state index contributed by atoms with van der Waals surface area (Å²) in [6, 6.07) is -0.308. The predicted molar refractivity (Wildman–Crippen MR) is 75.0 cm³/mol. The number of carbonyl (C=O) groups excluding carboxylic acids is 1. The molecule has 2 unspecified atom stereocenters. The third-order valence-corrected chi connectivity index (χ3v) is 4.02. The molecular formula is C14H24N2O6. The molecule has 8 heteroatoms. The summed E-state index contributed by atoms with van der Waals surface area (Å²) in [6.07, 6.45) is -1.04. The van der Waals surface area contributed by atoms with Crippen LogP contribution in [0.15, 0.2) is 0 Å². The number of hydrogen-bond acceptors (Lipinski definition) is 6. The number of nitrogens with one attached hydrogen (secondary N) is 2. The van der Waals surface area contributed by atoms with Crippen LogP contribution in [0.4, 0.5) is 4.79 Å². The van der Waals surface area contributed by atoms with Crippen molar-refractivity contribution in [3.05, 3.63) is 0 Å². The van der Waals surface area contributed by atoms with Gasteiger partial charge in [0.1, 0.15) is 18.3 Å². The van der Waals surface area contributed by atoms with E-state index in [1.807, 2.05) is 27.7 Å². The zero-order valence-corrected chi connectivity index (χ0v) is 13.6. The molecule has 3 rings (SSSR count). The zero-order chi connectivity index (χ0) is 16.2. The second kappa shape index (κ2) is 5.04. The van der Waals surface area contributed by atoms with Gasteiger partial charge in [-0.1, -0.05) is 0 Å².